The number of hydrogen-bond acceptors (Lipinski definition) is 4. The first-order valence-electron chi connectivity index (χ1n) is 10.6. The lowest BCUT2D eigenvalue weighted by atomic mass is 9.48. The molecule has 1 amide bonds. The molecule has 4 bridgehead atoms. The van der Waals surface area contributed by atoms with Crippen LogP contribution in [0.4, 0.5) is 5.13 Å². The molecule has 1 aliphatic heterocycles. The molecule has 1 N–H and O–H groups in total. The van der Waals surface area contributed by atoms with Gasteiger partial charge in [0.25, 0.3) is 0 Å². The first kappa shape index (κ1) is 18.6. The molecule has 6 rings (SSSR count). The van der Waals surface area contributed by atoms with Crippen molar-refractivity contribution in [3.63, 3.8) is 0 Å². The highest BCUT2D eigenvalue weighted by atomic mass is 79.9. The Balaban J connectivity index is 1.19. The minimum Gasteiger partial charge on any atom is -0.302 e. The van der Waals surface area contributed by atoms with Gasteiger partial charge in [-0.25, -0.2) is 4.98 Å². The van der Waals surface area contributed by atoms with Crippen LogP contribution in [0.5, 0.6) is 0 Å². The van der Waals surface area contributed by atoms with E-state index in [2.05, 4.69) is 36.5 Å². The molecule has 1 aromatic rings. The highest BCUT2D eigenvalue weighted by molar-refractivity contribution is 9.10. The van der Waals surface area contributed by atoms with Crippen molar-refractivity contribution in [2.24, 2.45) is 17.3 Å². The number of likely N-dealkylation sites (tertiary alicyclic amines) is 1. The number of carbonyl (C=O) groups is 1. The summed E-state index contributed by atoms with van der Waals surface area (Å²) in [4.78, 5) is 20.0. The van der Waals surface area contributed by atoms with E-state index in [-0.39, 0.29) is 11.3 Å². The van der Waals surface area contributed by atoms with E-state index < -0.39 is 0 Å². The Labute approximate surface area is 174 Å². The average Bonchev–Trinajstić information content (AvgIpc) is 2.99. The Hall–Kier alpha value is -0.460. The quantitative estimate of drug-likeness (QED) is 0.626. The van der Waals surface area contributed by atoms with Crippen LogP contribution in [0.2, 0.25) is 0 Å². The van der Waals surface area contributed by atoms with Crippen LogP contribution in [0, 0.1) is 17.3 Å². The van der Waals surface area contributed by atoms with E-state index >= 15 is 0 Å². The van der Waals surface area contributed by atoms with Crippen molar-refractivity contribution < 1.29 is 4.79 Å². The van der Waals surface area contributed by atoms with Gasteiger partial charge in [-0.3, -0.25) is 9.69 Å². The van der Waals surface area contributed by atoms with Crippen LogP contribution >= 0.6 is 27.3 Å². The number of anilines is 1. The number of amides is 1. The van der Waals surface area contributed by atoms with Crippen molar-refractivity contribution in [3.05, 3.63) is 11.1 Å². The summed E-state index contributed by atoms with van der Waals surface area (Å²) in [6, 6.07) is 0. The van der Waals surface area contributed by atoms with Crippen molar-refractivity contribution in [2.75, 3.05) is 18.4 Å². The van der Waals surface area contributed by atoms with E-state index in [0.717, 1.165) is 29.2 Å². The van der Waals surface area contributed by atoms with E-state index in [1.807, 2.05) is 0 Å². The summed E-state index contributed by atoms with van der Waals surface area (Å²) >= 11 is 5.63. The number of piperidine rings is 1. The summed E-state index contributed by atoms with van der Waals surface area (Å²) in [6.45, 7) is 3.28. The summed E-state index contributed by atoms with van der Waals surface area (Å²) < 4.78 is 0.320. The molecule has 2 atom stereocenters. The molecule has 5 aliphatic rings. The van der Waals surface area contributed by atoms with E-state index in [1.54, 1.807) is 11.3 Å². The van der Waals surface area contributed by atoms with Gasteiger partial charge in [0.1, 0.15) is 0 Å². The first-order valence-corrected chi connectivity index (χ1v) is 12.3. The van der Waals surface area contributed by atoms with Gasteiger partial charge in [0.05, 0.1) is 5.69 Å². The van der Waals surface area contributed by atoms with E-state index in [9.17, 15) is 4.79 Å². The van der Waals surface area contributed by atoms with Crippen LogP contribution in [0.3, 0.4) is 0 Å². The molecule has 0 spiro atoms. The van der Waals surface area contributed by atoms with Crippen molar-refractivity contribution in [3.8, 4) is 0 Å². The lowest BCUT2D eigenvalue weighted by Crippen LogP contribution is -2.53. The normalized spacial score (nSPS) is 38.3. The molecule has 0 aromatic carbocycles. The maximum absolute atomic E-state index is 12.8. The topological polar surface area (TPSA) is 45.2 Å². The smallest absolute Gasteiger partial charge is 0.226 e. The number of rotatable bonds is 5. The average molecular weight is 452 g/mol. The number of alkyl halides is 1. The highest BCUT2D eigenvalue weighted by Crippen LogP contribution is 2.65. The molecule has 2 heterocycles. The second-order valence-electron chi connectivity index (χ2n) is 9.82. The Morgan fingerprint density at radius 1 is 1.22 bits per heavy atom. The molecule has 4 aliphatic carbocycles. The van der Waals surface area contributed by atoms with Crippen LogP contribution in [0.15, 0.2) is 5.38 Å². The summed E-state index contributed by atoms with van der Waals surface area (Å²) in [6.07, 6.45) is 12.3. The minimum atomic E-state index is 0.173. The number of thiazole rings is 1. The second-order valence-corrected chi connectivity index (χ2v) is 12.4. The maximum atomic E-state index is 12.8. The molecule has 5 fully saturated rings. The Kier molecular flexibility index (Phi) is 4.88. The van der Waals surface area contributed by atoms with Crippen LogP contribution in [0.1, 0.15) is 69.9 Å². The van der Waals surface area contributed by atoms with Crippen molar-refractivity contribution >= 4 is 38.3 Å². The number of nitrogens with one attached hydrogen (secondary N) is 1. The van der Waals surface area contributed by atoms with Crippen LogP contribution in [0.25, 0.3) is 0 Å². The van der Waals surface area contributed by atoms with E-state index in [4.69, 9.17) is 0 Å². The molecule has 0 radical (unpaired) electrons. The number of halogens is 1. The van der Waals surface area contributed by atoms with Gasteiger partial charge in [-0.05, 0) is 81.7 Å². The molecular weight excluding hydrogens is 422 g/mol. The predicted octanol–water partition coefficient (Wildman–Crippen LogP) is 5.19. The maximum Gasteiger partial charge on any atom is 0.226 e. The largest absolute Gasteiger partial charge is 0.302 e. The predicted molar refractivity (Wildman–Crippen MR) is 113 cm³/mol. The SMILES string of the molecule is O=C(CC12CC3CC(CC(Br)(C3)C1)C2)Nc1nc(CN2CCCCC2)cs1. The summed E-state index contributed by atoms with van der Waals surface area (Å²) in [7, 11) is 0. The molecule has 4 nitrogen and oxygen atoms in total. The van der Waals surface area contributed by atoms with Crippen molar-refractivity contribution in [1.29, 1.82) is 0 Å². The number of nitrogens with zero attached hydrogens (tertiary/aromatic N) is 2. The fourth-order valence-electron chi connectivity index (χ4n) is 6.83. The fraction of sp³-hybridized carbons (Fsp3) is 0.810. The van der Waals surface area contributed by atoms with Gasteiger partial charge in [0.2, 0.25) is 5.91 Å². The van der Waals surface area contributed by atoms with Gasteiger partial charge in [-0.1, -0.05) is 22.4 Å². The van der Waals surface area contributed by atoms with Gasteiger partial charge in [-0.15, -0.1) is 11.3 Å². The molecule has 4 saturated carbocycles. The van der Waals surface area contributed by atoms with E-state index in [0.29, 0.717) is 10.7 Å². The third-order valence-electron chi connectivity index (χ3n) is 7.28. The molecule has 2 unspecified atom stereocenters. The zero-order valence-corrected chi connectivity index (χ0v) is 18.4. The molecular formula is C21H30BrN3OS. The fourth-order valence-corrected chi connectivity index (χ4v) is 9.06. The lowest BCUT2D eigenvalue weighted by Gasteiger charge is -2.60. The molecule has 1 aromatic heterocycles. The molecule has 27 heavy (non-hydrogen) atoms. The first-order chi connectivity index (χ1) is 13.0. The van der Waals surface area contributed by atoms with Crippen LogP contribution < -0.4 is 5.32 Å². The lowest BCUT2D eigenvalue weighted by molar-refractivity contribution is -0.123. The Bertz CT molecular complexity index is 700. The highest BCUT2D eigenvalue weighted by Gasteiger charge is 2.57. The second kappa shape index (κ2) is 7.10. The van der Waals surface area contributed by atoms with Gasteiger partial charge >= 0.3 is 0 Å². The van der Waals surface area contributed by atoms with E-state index in [1.165, 1.54) is 70.9 Å². The van der Waals surface area contributed by atoms with Crippen LogP contribution in [-0.2, 0) is 11.3 Å². The number of hydrogen-bond donors (Lipinski definition) is 1. The summed E-state index contributed by atoms with van der Waals surface area (Å²) in [5.41, 5.74) is 1.33. The molecule has 148 valence electrons. The molecule has 1 saturated heterocycles. The van der Waals surface area contributed by atoms with Crippen molar-refractivity contribution in [2.45, 2.75) is 75.1 Å². The van der Waals surface area contributed by atoms with Gasteiger partial charge in [0, 0.05) is 22.7 Å². The zero-order chi connectivity index (χ0) is 18.5. The standard InChI is InChI=1S/C21H30BrN3OS/c22-21-9-15-6-16(10-21)8-20(7-15,14-21)11-18(26)24-19-23-17(13-27-19)12-25-4-2-1-3-5-25/h13,15-16H,1-12,14H2,(H,23,24,26). The van der Waals surface area contributed by atoms with Crippen molar-refractivity contribution in [1.82, 2.24) is 9.88 Å². The molecule has 6 heteroatoms. The third-order valence-corrected chi connectivity index (χ3v) is 9.01. The monoisotopic (exact) mass is 451 g/mol. The number of carbonyl (C=O) groups excluding carboxylic acids is 1. The van der Waals surface area contributed by atoms with Gasteiger partial charge < -0.3 is 5.32 Å². The Morgan fingerprint density at radius 2 is 1.96 bits per heavy atom. The third kappa shape index (κ3) is 3.99. The zero-order valence-electron chi connectivity index (χ0n) is 16.0. The minimum absolute atomic E-state index is 0.173. The van der Waals surface area contributed by atoms with Crippen LogP contribution in [-0.4, -0.2) is 33.2 Å². The van der Waals surface area contributed by atoms with Gasteiger partial charge in [0.15, 0.2) is 5.13 Å². The summed E-state index contributed by atoms with van der Waals surface area (Å²) in [5.74, 6) is 1.83. The Morgan fingerprint density at radius 3 is 2.67 bits per heavy atom. The number of aromatic nitrogens is 1. The summed E-state index contributed by atoms with van der Waals surface area (Å²) in [5, 5.41) is 6.02. The van der Waals surface area contributed by atoms with Gasteiger partial charge in [-0.2, -0.15) is 0 Å².